The molecule has 0 fully saturated rings. The van der Waals surface area contributed by atoms with Gasteiger partial charge in [0.25, 0.3) is 5.91 Å². The second-order valence-corrected chi connectivity index (χ2v) is 8.35. The summed E-state index contributed by atoms with van der Waals surface area (Å²) in [4.78, 5) is 12.6. The first-order valence-electron chi connectivity index (χ1n) is 9.22. The van der Waals surface area contributed by atoms with Crippen LogP contribution in [0.25, 0.3) is 10.8 Å². The fourth-order valence-corrected chi connectivity index (χ4v) is 4.52. The number of carbonyl (C=O) groups excluding carboxylic acids is 1. The van der Waals surface area contributed by atoms with Crippen molar-refractivity contribution < 1.29 is 17.8 Å². The molecule has 1 heterocycles. The normalized spacial score (nSPS) is 11.7. The predicted molar refractivity (Wildman–Crippen MR) is 109 cm³/mol. The number of benzene rings is 2. The van der Waals surface area contributed by atoms with Gasteiger partial charge in [-0.05, 0) is 35.7 Å². The zero-order valence-electron chi connectivity index (χ0n) is 16.0. The van der Waals surface area contributed by atoms with Crippen molar-refractivity contribution in [3.63, 3.8) is 0 Å². The van der Waals surface area contributed by atoms with Crippen molar-refractivity contribution in [1.82, 2.24) is 4.31 Å². The Labute approximate surface area is 165 Å². The Morgan fingerprint density at radius 1 is 0.964 bits per heavy atom. The van der Waals surface area contributed by atoms with E-state index < -0.39 is 10.0 Å². The minimum Gasteiger partial charge on any atom is -0.321 e. The first-order valence-corrected chi connectivity index (χ1v) is 10.7. The van der Waals surface area contributed by atoms with Crippen molar-refractivity contribution in [2.24, 2.45) is 0 Å². The molecule has 7 heteroatoms. The van der Waals surface area contributed by atoms with E-state index in [0.717, 1.165) is 10.8 Å². The second-order valence-electron chi connectivity index (χ2n) is 6.41. The summed E-state index contributed by atoms with van der Waals surface area (Å²) in [5, 5.41) is 4.98. The molecule has 0 saturated heterocycles. The minimum absolute atomic E-state index is 0.171. The van der Waals surface area contributed by atoms with Gasteiger partial charge in [0, 0.05) is 30.2 Å². The molecule has 0 aliphatic rings. The zero-order chi connectivity index (χ0) is 20.1. The third-order valence-corrected chi connectivity index (χ3v) is 6.62. The van der Waals surface area contributed by atoms with E-state index in [2.05, 4.69) is 5.32 Å². The molecule has 3 rings (SSSR count). The maximum atomic E-state index is 12.5. The molecule has 1 amide bonds. The summed E-state index contributed by atoms with van der Waals surface area (Å²) in [6.07, 6.45) is 3.79. The number of anilines is 1. The number of carbonyl (C=O) groups is 1. The van der Waals surface area contributed by atoms with E-state index in [4.69, 9.17) is 0 Å². The van der Waals surface area contributed by atoms with Gasteiger partial charge in [0.1, 0.15) is 0 Å². The molecule has 0 atom stereocenters. The van der Waals surface area contributed by atoms with Gasteiger partial charge in [0.15, 0.2) is 12.4 Å². The summed E-state index contributed by atoms with van der Waals surface area (Å²) < 4.78 is 28.2. The quantitative estimate of drug-likeness (QED) is 0.622. The number of hydrogen-bond donors (Lipinski definition) is 1. The van der Waals surface area contributed by atoms with Crippen LogP contribution in [0.15, 0.2) is 71.9 Å². The van der Waals surface area contributed by atoms with Crippen molar-refractivity contribution in [3.8, 4) is 0 Å². The largest absolute Gasteiger partial charge is 0.321 e. The van der Waals surface area contributed by atoms with Gasteiger partial charge in [-0.15, -0.1) is 0 Å². The fraction of sp³-hybridized carbons (Fsp3) is 0.238. The van der Waals surface area contributed by atoms with Crippen LogP contribution in [-0.4, -0.2) is 31.7 Å². The van der Waals surface area contributed by atoms with Crippen molar-refractivity contribution in [3.05, 3.63) is 67.0 Å². The number of aromatic nitrogens is 1. The Kier molecular flexibility index (Phi) is 6.06. The molecule has 0 saturated carbocycles. The molecule has 28 heavy (non-hydrogen) atoms. The summed E-state index contributed by atoms with van der Waals surface area (Å²) in [5.41, 5.74) is 0.560. The summed E-state index contributed by atoms with van der Waals surface area (Å²) in [7, 11) is -3.50. The van der Waals surface area contributed by atoms with E-state index in [0.29, 0.717) is 18.8 Å². The van der Waals surface area contributed by atoms with E-state index in [9.17, 15) is 13.2 Å². The van der Waals surface area contributed by atoms with Crippen LogP contribution in [0.5, 0.6) is 0 Å². The number of hydrogen-bond acceptors (Lipinski definition) is 3. The Morgan fingerprint density at radius 2 is 1.61 bits per heavy atom. The predicted octanol–water partition coefficient (Wildman–Crippen LogP) is 2.80. The molecular weight excluding hydrogens is 374 g/mol. The highest BCUT2D eigenvalue weighted by atomic mass is 32.2. The molecule has 0 aliphatic heterocycles. The number of fused-ring (bicyclic) bond motifs is 1. The minimum atomic E-state index is -3.50. The molecule has 1 aromatic heterocycles. The molecular formula is C21H24N3O3S+. The Balaban J connectivity index is 1.68. The summed E-state index contributed by atoms with van der Waals surface area (Å²) in [6, 6.07) is 16.2. The highest BCUT2D eigenvalue weighted by molar-refractivity contribution is 7.89. The Morgan fingerprint density at radius 3 is 2.25 bits per heavy atom. The lowest BCUT2D eigenvalue weighted by Gasteiger charge is -2.18. The standard InChI is InChI=1S/C21H23N3O3S/c1-3-24(4-2)28(26,27)20-11-9-19(10-12-20)22-21(25)16-23-14-13-17-7-5-6-8-18(17)15-23/h5-15H,3-4,16H2,1-2H3/p+1. The third-order valence-electron chi connectivity index (χ3n) is 4.55. The first-order chi connectivity index (χ1) is 13.4. The van der Waals surface area contributed by atoms with Crippen molar-refractivity contribution in [2.75, 3.05) is 18.4 Å². The smallest absolute Gasteiger partial charge is 0.290 e. The third kappa shape index (κ3) is 4.37. The van der Waals surface area contributed by atoms with E-state index in [1.54, 1.807) is 26.0 Å². The van der Waals surface area contributed by atoms with Crippen LogP contribution < -0.4 is 9.88 Å². The van der Waals surface area contributed by atoms with Gasteiger partial charge in [0.2, 0.25) is 16.6 Å². The van der Waals surface area contributed by atoms with Gasteiger partial charge in [-0.2, -0.15) is 8.87 Å². The molecule has 1 N–H and O–H groups in total. The Hall–Kier alpha value is -2.77. The van der Waals surface area contributed by atoms with Crippen LogP contribution in [0.3, 0.4) is 0 Å². The van der Waals surface area contributed by atoms with Gasteiger partial charge >= 0.3 is 0 Å². The molecule has 146 valence electrons. The van der Waals surface area contributed by atoms with Gasteiger partial charge in [-0.3, -0.25) is 4.79 Å². The zero-order valence-corrected chi connectivity index (χ0v) is 16.8. The van der Waals surface area contributed by atoms with Gasteiger partial charge < -0.3 is 5.32 Å². The first kappa shape index (κ1) is 20.0. The van der Waals surface area contributed by atoms with Crippen LogP contribution in [0, 0.1) is 0 Å². The molecule has 0 aliphatic carbocycles. The summed E-state index contributed by atoms with van der Waals surface area (Å²) in [5.74, 6) is -0.181. The lowest BCUT2D eigenvalue weighted by Crippen LogP contribution is -2.39. The van der Waals surface area contributed by atoms with Crippen LogP contribution in [0.4, 0.5) is 5.69 Å². The SMILES string of the molecule is CCN(CC)S(=O)(=O)c1ccc(NC(=O)C[n+]2ccc3ccccc3c2)cc1. The van der Waals surface area contributed by atoms with Crippen molar-refractivity contribution in [2.45, 2.75) is 25.3 Å². The van der Waals surface area contributed by atoms with E-state index in [1.165, 1.54) is 16.4 Å². The van der Waals surface area contributed by atoms with Gasteiger partial charge in [-0.1, -0.05) is 32.0 Å². The molecule has 2 aromatic carbocycles. The van der Waals surface area contributed by atoms with E-state index in [-0.39, 0.29) is 17.3 Å². The van der Waals surface area contributed by atoms with Crippen LogP contribution in [0.2, 0.25) is 0 Å². The fourth-order valence-electron chi connectivity index (χ4n) is 3.07. The van der Waals surface area contributed by atoms with E-state index >= 15 is 0 Å². The van der Waals surface area contributed by atoms with Gasteiger partial charge in [-0.25, -0.2) is 8.42 Å². The topological polar surface area (TPSA) is 70.4 Å². The number of amides is 1. The molecule has 6 nitrogen and oxygen atoms in total. The highest BCUT2D eigenvalue weighted by Crippen LogP contribution is 2.18. The maximum absolute atomic E-state index is 12.5. The highest BCUT2D eigenvalue weighted by Gasteiger charge is 2.21. The molecule has 0 radical (unpaired) electrons. The second kappa shape index (κ2) is 8.50. The summed E-state index contributed by atoms with van der Waals surface area (Å²) >= 11 is 0. The lowest BCUT2D eigenvalue weighted by molar-refractivity contribution is -0.682. The monoisotopic (exact) mass is 398 g/mol. The average Bonchev–Trinajstić information content (AvgIpc) is 2.69. The van der Waals surface area contributed by atoms with Crippen LogP contribution in [0.1, 0.15) is 13.8 Å². The van der Waals surface area contributed by atoms with Crippen LogP contribution in [-0.2, 0) is 21.4 Å². The number of nitrogens with zero attached hydrogens (tertiary/aromatic N) is 2. The number of rotatable bonds is 7. The molecule has 0 unspecified atom stereocenters. The van der Waals surface area contributed by atoms with Crippen molar-refractivity contribution in [1.29, 1.82) is 0 Å². The molecule has 0 bridgehead atoms. The average molecular weight is 399 g/mol. The summed E-state index contributed by atoms with van der Waals surface area (Å²) in [6.45, 7) is 4.62. The molecule has 0 spiro atoms. The van der Waals surface area contributed by atoms with Gasteiger partial charge in [0.05, 0.1) is 4.90 Å². The maximum Gasteiger partial charge on any atom is 0.290 e. The lowest BCUT2D eigenvalue weighted by atomic mass is 10.2. The number of nitrogens with one attached hydrogen (secondary N) is 1. The van der Waals surface area contributed by atoms with Crippen molar-refractivity contribution >= 4 is 32.4 Å². The van der Waals surface area contributed by atoms with Crippen LogP contribution >= 0.6 is 0 Å². The number of sulfonamides is 1. The Bertz CT molecular complexity index is 1080. The molecule has 3 aromatic rings. The van der Waals surface area contributed by atoms with E-state index in [1.807, 2.05) is 47.3 Å². The number of pyridine rings is 1.